The largest absolute Gasteiger partial charge is 0.360 e. The number of halogens is 1. The van der Waals surface area contributed by atoms with Crippen LogP contribution in [-0.2, 0) is 9.59 Å². The number of Topliss-reactive ketones (excluding diaryl/α,β-unsaturated/α-hetero) is 2. The van der Waals surface area contributed by atoms with Gasteiger partial charge in [-0.2, -0.15) is 0 Å². The molecule has 136 valence electrons. The van der Waals surface area contributed by atoms with Gasteiger partial charge in [0.1, 0.15) is 5.82 Å². The van der Waals surface area contributed by atoms with Gasteiger partial charge in [0.25, 0.3) is 0 Å². The van der Waals surface area contributed by atoms with E-state index in [2.05, 4.69) is 5.32 Å². The van der Waals surface area contributed by atoms with Gasteiger partial charge in [-0.15, -0.1) is 0 Å². The fraction of sp³-hybridized carbons (Fsp3) is 0.227. The molecule has 3 aromatic rings. The number of nitrogens with one attached hydrogen (secondary N) is 1. The standard InChI is InChI=1S/C22H19ClN2O2/c1-12-13(2)22(27)18(9-10-19(12)26)24-20-11-17(23)16-8-7-14-5-3-4-6-15(14)21(16)25-20/h3-8,11,18H,9-10H2,1-2H3,(H,24,25). The molecular weight excluding hydrogens is 360 g/mol. The molecule has 0 fully saturated rings. The Morgan fingerprint density at radius 3 is 2.63 bits per heavy atom. The number of carbonyl (C=O) groups excluding carboxylic acids is 2. The highest BCUT2D eigenvalue weighted by molar-refractivity contribution is 6.36. The molecule has 1 N–H and O–H groups in total. The first-order valence-electron chi connectivity index (χ1n) is 8.95. The number of allylic oxidation sites excluding steroid dienone is 1. The number of carbonyl (C=O) groups is 2. The van der Waals surface area contributed by atoms with E-state index in [4.69, 9.17) is 16.6 Å². The summed E-state index contributed by atoms with van der Waals surface area (Å²) in [5.41, 5.74) is 1.87. The average molecular weight is 379 g/mol. The Bertz CT molecular complexity index is 1130. The van der Waals surface area contributed by atoms with Gasteiger partial charge in [-0.25, -0.2) is 4.98 Å². The molecule has 1 atom stereocenters. The van der Waals surface area contributed by atoms with Gasteiger partial charge in [-0.05, 0) is 37.3 Å². The van der Waals surface area contributed by atoms with Gasteiger partial charge in [0, 0.05) is 22.8 Å². The molecule has 5 heteroatoms. The molecule has 0 aliphatic heterocycles. The fourth-order valence-corrected chi connectivity index (χ4v) is 3.81. The van der Waals surface area contributed by atoms with Crippen LogP contribution in [0.25, 0.3) is 21.7 Å². The second kappa shape index (κ2) is 6.78. The Hall–Kier alpha value is -2.72. The average Bonchev–Trinajstić information content (AvgIpc) is 2.76. The van der Waals surface area contributed by atoms with Crippen molar-refractivity contribution >= 4 is 50.7 Å². The molecule has 0 bridgehead atoms. The maximum Gasteiger partial charge on any atom is 0.181 e. The van der Waals surface area contributed by atoms with Crippen molar-refractivity contribution in [2.24, 2.45) is 0 Å². The molecule has 1 aliphatic carbocycles. The number of pyridine rings is 1. The molecule has 27 heavy (non-hydrogen) atoms. The van der Waals surface area contributed by atoms with E-state index >= 15 is 0 Å². The van der Waals surface area contributed by atoms with E-state index in [9.17, 15) is 9.59 Å². The molecular formula is C22H19ClN2O2. The minimum atomic E-state index is -0.484. The van der Waals surface area contributed by atoms with Gasteiger partial charge >= 0.3 is 0 Å². The number of aromatic nitrogens is 1. The summed E-state index contributed by atoms with van der Waals surface area (Å²) in [5.74, 6) is 0.511. The van der Waals surface area contributed by atoms with Gasteiger partial charge in [0.05, 0.1) is 16.6 Å². The zero-order valence-electron chi connectivity index (χ0n) is 15.2. The van der Waals surface area contributed by atoms with Crippen LogP contribution in [0.4, 0.5) is 5.82 Å². The minimum absolute atomic E-state index is 0.0284. The summed E-state index contributed by atoms with van der Waals surface area (Å²) in [6.45, 7) is 3.43. The molecule has 1 unspecified atom stereocenters. The number of anilines is 1. The summed E-state index contributed by atoms with van der Waals surface area (Å²) < 4.78 is 0. The fourth-order valence-electron chi connectivity index (χ4n) is 3.56. The number of fused-ring (bicyclic) bond motifs is 3. The molecule has 0 radical (unpaired) electrons. The molecule has 0 saturated heterocycles. The Balaban J connectivity index is 1.77. The lowest BCUT2D eigenvalue weighted by Crippen LogP contribution is -2.30. The SMILES string of the molecule is CC1=C(C)C(=O)C(Nc2cc(Cl)c3ccc4ccccc4c3n2)CCC1=O. The van der Waals surface area contributed by atoms with Crippen LogP contribution in [0.2, 0.25) is 5.02 Å². The van der Waals surface area contributed by atoms with E-state index in [1.54, 1.807) is 19.9 Å². The van der Waals surface area contributed by atoms with Crippen molar-refractivity contribution in [3.05, 3.63) is 58.6 Å². The van der Waals surface area contributed by atoms with Gasteiger partial charge in [0.15, 0.2) is 11.6 Å². The second-order valence-electron chi connectivity index (χ2n) is 6.95. The summed E-state index contributed by atoms with van der Waals surface area (Å²) in [6.07, 6.45) is 0.788. The summed E-state index contributed by atoms with van der Waals surface area (Å²) in [4.78, 5) is 29.5. The van der Waals surface area contributed by atoms with Crippen LogP contribution in [0.5, 0.6) is 0 Å². The highest BCUT2D eigenvalue weighted by Crippen LogP contribution is 2.31. The van der Waals surface area contributed by atoms with Crippen molar-refractivity contribution < 1.29 is 9.59 Å². The molecule has 1 aromatic heterocycles. The van der Waals surface area contributed by atoms with Crippen molar-refractivity contribution in [2.75, 3.05) is 5.32 Å². The maximum atomic E-state index is 12.7. The van der Waals surface area contributed by atoms with Crippen LogP contribution in [0.15, 0.2) is 53.6 Å². The summed E-state index contributed by atoms with van der Waals surface area (Å²) >= 11 is 6.50. The molecule has 2 aromatic carbocycles. The molecule has 4 nitrogen and oxygen atoms in total. The monoisotopic (exact) mass is 378 g/mol. The van der Waals surface area contributed by atoms with Crippen LogP contribution in [0, 0.1) is 0 Å². The van der Waals surface area contributed by atoms with Crippen LogP contribution in [0.3, 0.4) is 0 Å². The zero-order valence-corrected chi connectivity index (χ0v) is 15.9. The molecule has 0 amide bonds. The minimum Gasteiger partial charge on any atom is -0.360 e. The summed E-state index contributed by atoms with van der Waals surface area (Å²) in [6, 6.07) is 13.2. The first-order chi connectivity index (χ1) is 13.0. The second-order valence-corrected chi connectivity index (χ2v) is 7.35. The van der Waals surface area contributed by atoms with E-state index in [0.29, 0.717) is 34.8 Å². The molecule has 0 spiro atoms. The summed E-state index contributed by atoms with van der Waals surface area (Å²) in [5, 5.41) is 6.75. The quantitative estimate of drug-likeness (QED) is 0.631. The van der Waals surface area contributed by atoms with Crippen molar-refractivity contribution in [1.29, 1.82) is 0 Å². The Kier molecular flexibility index (Phi) is 4.44. The van der Waals surface area contributed by atoms with Crippen LogP contribution >= 0.6 is 11.6 Å². The Labute approximate surface area is 162 Å². The topological polar surface area (TPSA) is 59.1 Å². The van der Waals surface area contributed by atoms with Crippen LogP contribution < -0.4 is 5.32 Å². The Morgan fingerprint density at radius 1 is 1.04 bits per heavy atom. The lowest BCUT2D eigenvalue weighted by atomic mass is 10.0. The first-order valence-corrected chi connectivity index (χ1v) is 9.33. The normalized spacial score (nSPS) is 18.3. The van der Waals surface area contributed by atoms with Crippen molar-refractivity contribution in [3.8, 4) is 0 Å². The Morgan fingerprint density at radius 2 is 1.81 bits per heavy atom. The highest BCUT2D eigenvalue weighted by Gasteiger charge is 2.27. The number of hydrogen-bond donors (Lipinski definition) is 1. The van der Waals surface area contributed by atoms with Crippen molar-refractivity contribution in [1.82, 2.24) is 4.98 Å². The highest BCUT2D eigenvalue weighted by atomic mass is 35.5. The third kappa shape index (κ3) is 3.10. The van der Waals surface area contributed by atoms with Crippen LogP contribution in [-0.4, -0.2) is 22.6 Å². The van der Waals surface area contributed by atoms with Crippen molar-refractivity contribution in [3.63, 3.8) is 0 Å². The summed E-state index contributed by atoms with van der Waals surface area (Å²) in [7, 11) is 0. The number of nitrogens with zero attached hydrogens (tertiary/aromatic N) is 1. The van der Waals surface area contributed by atoms with Gasteiger partial charge in [-0.3, -0.25) is 9.59 Å². The van der Waals surface area contributed by atoms with Crippen LogP contribution in [0.1, 0.15) is 26.7 Å². The number of rotatable bonds is 2. The van der Waals surface area contributed by atoms with Gasteiger partial charge in [0.2, 0.25) is 0 Å². The van der Waals surface area contributed by atoms with Gasteiger partial charge < -0.3 is 5.32 Å². The predicted molar refractivity (Wildman–Crippen MR) is 109 cm³/mol. The van der Waals surface area contributed by atoms with E-state index < -0.39 is 6.04 Å². The number of benzene rings is 2. The van der Waals surface area contributed by atoms with Gasteiger partial charge in [-0.1, -0.05) is 48.0 Å². The molecule has 1 heterocycles. The molecule has 0 saturated carbocycles. The molecule has 1 aliphatic rings. The zero-order chi connectivity index (χ0) is 19.1. The van der Waals surface area contributed by atoms with E-state index in [1.807, 2.05) is 36.4 Å². The van der Waals surface area contributed by atoms with E-state index in [-0.39, 0.29) is 11.6 Å². The van der Waals surface area contributed by atoms with Crippen molar-refractivity contribution in [2.45, 2.75) is 32.7 Å². The lowest BCUT2D eigenvalue weighted by molar-refractivity contribution is -0.116. The first kappa shape index (κ1) is 17.7. The maximum absolute atomic E-state index is 12.7. The lowest BCUT2D eigenvalue weighted by Gasteiger charge is -2.17. The third-order valence-corrected chi connectivity index (χ3v) is 5.62. The van der Waals surface area contributed by atoms with E-state index in [0.717, 1.165) is 21.7 Å². The predicted octanol–water partition coefficient (Wildman–Crippen LogP) is 5.09. The van der Waals surface area contributed by atoms with E-state index in [1.165, 1.54) is 0 Å². The smallest absolute Gasteiger partial charge is 0.181 e. The number of ketones is 2. The third-order valence-electron chi connectivity index (χ3n) is 5.30. The molecule has 4 rings (SSSR count). The number of hydrogen-bond acceptors (Lipinski definition) is 4.